The van der Waals surface area contributed by atoms with Crippen molar-refractivity contribution in [3.8, 4) is 5.75 Å². The first-order valence-corrected chi connectivity index (χ1v) is 3.63. The van der Waals surface area contributed by atoms with Crippen LogP contribution in [0.1, 0.15) is 2.74 Å². The van der Waals surface area contributed by atoms with E-state index in [1.165, 1.54) is 0 Å². The summed E-state index contributed by atoms with van der Waals surface area (Å²) in [6.45, 7) is 0. The third-order valence-corrected chi connectivity index (χ3v) is 1.39. The lowest BCUT2D eigenvalue weighted by atomic mass is 10.5. The molecule has 0 aliphatic heterocycles. The van der Waals surface area contributed by atoms with Gasteiger partial charge in [-0.05, 0) is 31.9 Å². The van der Waals surface area contributed by atoms with Crippen molar-refractivity contribution in [3.05, 3.63) is 21.3 Å². The van der Waals surface area contributed by atoms with Crippen LogP contribution in [0.3, 0.4) is 0 Å². The summed E-state index contributed by atoms with van der Waals surface area (Å²) in [4.78, 5) is 3.73. The Kier molecular flexibility index (Phi) is 1.39. The normalized spacial score (nSPS) is 12.7. The average Bonchev–Trinajstić information content (AvgIpc) is 1.97. The lowest BCUT2D eigenvalue weighted by Gasteiger charge is -1.92. The van der Waals surface area contributed by atoms with E-state index in [1.54, 1.807) is 0 Å². The Morgan fingerprint density at radius 1 is 1.44 bits per heavy atom. The van der Waals surface area contributed by atoms with Crippen molar-refractivity contribution in [3.63, 3.8) is 0 Å². The van der Waals surface area contributed by atoms with Gasteiger partial charge in [0, 0.05) is 12.1 Å². The van der Waals surface area contributed by atoms with E-state index in [4.69, 9.17) is 7.85 Å². The molecule has 2 nitrogen and oxygen atoms in total. The van der Waals surface area contributed by atoms with Crippen molar-refractivity contribution in [2.24, 2.45) is 0 Å². The molecule has 48 valence electrons. The molecule has 1 rings (SSSR count). The molecular weight excluding hydrogens is 250 g/mol. The standard InChI is InChI=1S/C5H3Br2NO/c6-4-1-3(9)2-5(7)8-4/h1-2H,(H,8,9)/i1D,2D. The van der Waals surface area contributed by atoms with Crippen molar-refractivity contribution in [2.45, 2.75) is 0 Å². The molecule has 1 aromatic heterocycles. The molecule has 0 radical (unpaired) electrons. The van der Waals surface area contributed by atoms with Crippen LogP contribution in [0.25, 0.3) is 0 Å². The Morgan fingerprint density at radius 3 is 2.33 bits per heavy atom. The first-order valence-electron chi connectivity index (χ1n) is 3.05. The van der Waals surface area contributed by atoms with Gasteiger partial charge in [-0.25, -0.2) is 4.98 Å². The largest absolute Gasteiger partial charge is 0.508 e. The number of rotatable bonds is 0. The molecule has 0 aliphatic rings. The number of hydrogen-bond donors (Lipinski definition) is 1. The second-order valence-corrected chi connectivity index (χ2v) is 2.79. The molecule has 1 aromatic rings. The van der Waals surface area contributed by atoms with Crippen molar-refractivity contribution in [1.82, 2.24) is 4.98 Å². The van der Waals surface area contributed by atoms with Crippen LogP contribution in [0, 0.1) is 0 Å². The second kappa shape index (κ2) is 2.66. The fourth-order valence-corrected chi connectivity index (χ4v) is 1.34. The van der Waals surface area contributed by atoms with Gasteiger partial charge in [-0.15, -0.1) is 0 Å². The molecule has 0 spiro atoms. The number of aromatic hydroxyl groups is 1. The molecule has 0 amide bonds. The van der Waals surface area contributed by atoms with Gasteiger partial charge in [-0.3, -0.25) is 0 Å². The predicted molar refractivity (Wildman–Crippen MR) is 41.3 cm³/mol. The van der Waals surface area contributed by atoms with E-state index in [9.17, 15) is 0 Å². The topological polar surface area (TPSA) is 33.1 Å². The number of aromatic nitrogens is 1. The van der Waals surface area contributed by atoms with E-state index in [-0.39, 0.29) is 27.0 Å². The molecule has 0 saturated carbocycles. The molecule has 9 heavy (non-hydrogen) atoms. The SMILES string of the molecule is [2H]c1c(Br)nc(Br)c([2H])c1O. The molecule has 4 heteroatoms. The van der Waals surface area contributed by atoms with Crippen LogP contribution in [0.4, 0.5) is 0 Å². The van der Waals surface area contributed by atoms with Crippen molar-refractivity contribution in [1.29, 1.82) is 0 Å². The Labute approximate surface area is 72.0 Å². The highest BCUT2D eigenvalue weighted by Gasteiger charge is 1.93. The maximum atomic E-state index is 9.09. The number of nitrogens with zero attached hydrogens (tertiary/aromatic N) is 1. The monoisotopic (exact) mass is 253 g/mol. The lowest BCUT2D eigenvalue weighted by Crippen LogP contribution is -1.74. The first-order chi connectivity index (χ1) is 5.04. The van der Waals surface area contributed by atoms with Crippen molar-refractivity contribution < 1.29 is 7.85 Å². The average molecular weight is 255 g/mol. The summed E-state index contributed by atoms with van der Waals surface area (Å²) < 4.78 is 14.8. The third-order valence-electron chi connectivity index (χ3n) is 0.639. The number of hydrogen-bond acceptors (Lipinski definition) is 2. The van der Waals surface area contributed by atoms with E-state index in [2.05, 4.69) is 36.8 Å². The van der Waals surface area contributed by atoms with E-state index >= 15 is 0 Å². The smallest absolute Gasteiger partial charge is 0.120 e. The Hall–Kier alpha value is -0.0900. The quantitative estimate of drug-likeness (QED) is 0.721. The van der Waals surface area contributed by atoms with Gasteiger partial charge in [0.2, 0.25) is 0 Å². The van der Waals surface area contributed by atoms with Crippen LogP contribution in [-0.2, 0) is 0 Å². The molecular formula is C5H3Br2NO. The zero-order valence-electron chi connectivity index (χ0n) is 6.15. The van der Waals surface area contributed by atoms with Gasteiger partial charge < -0.3 is 5.11 Å². The van der Waals surface area contributed by atoms with Crippen LogP contribution in [0.15, 0.2) is 21.3 Å². The summed E-state index contributed by atoms with van der Waals surface area (Å²) in [7, 11) is 0. The minimum atomic E-state index is -0.376. The van der Waals surface area contributed by atoms with Crippen LogP contribution < -0.4 is 0 Å². The van der Waals surface area contributed by atoms with E-state index in [0.717, 1.165) is 0 Å². The van der Waals surface area contributed by atoms with Gasteiger partial charge in [0.25, 0.3) is 0 Å². The minimum Gasteiger partial charge on any atom is -0.508 e. The maximum Gasteiger partial charge on any atom is 0.120 e. The summed E-state index contributed by atoms with van der Waals surface area (Å²) in [6.07, 6.45) is 0. The van der Waals surface area contributed by atoms with Gasteiger partial charge in [-0.2, -0.15) is 0 Å². The Balaban J connectivity index is 3.46. The Morgan fingerprint density at radius 2 is 1.89 bits per heavy atom. The molecule has 1 heterocycles. The molecule has 0 aliphatic carbocycles. The summed E-state index contributed by atoms with van der Waals surface area (Å²) in [6, 6.07) is -0.337. The highest BCUT2D eigenvalue weighted by molar-refractivity contribution is 9.11. The lowest BCUT2D eigenvalue weighted by molar-refractivity contribution is 0.473. The highest BCUT2D eigenvalue weighted by Crippen LogP contribution is 2.19. The molecule has 0 bridgehead atoms. The number of halogens is 2. The second-order valence-electron chi connectivity index (χ2n) is 1.29. The zero-order valence-corrected chi connectivity index (χ0v) is 7.32. The van der Waals surface area contributed by atoms with Crippen LogP contribution in [0.5, 0.6) is 5.75 Å². The highest BCUT2D eigenvalue weighted by atomic mass is 79.9. The maximum absolute atomic E-state index is 9.09. The van der Waals surface area contributed by atoms with E-state index in [1.807, 2.05) is 0 Å². The van der Waals surface area contributed by atoms with Gasteiger partial charge >= 0.3 is 0 Å². The molecule has 0 saturated heterocycles. The van der Waals surface area contributed by atoms with Crippen molar-refractivity contribution in [2.75, 3.05) is 0 Å². The van der Waals surface area contributed by atoms with Crippen LogP contribution >= 0.6 is 31.9 Å². The van der Waals surface area contributed by atoms with Crippen LogP contribution in [0.2, 0.25) is 0 Å². The third kappa shape index (κ3) is 1.95. The summed E-state index contributed by atoms with van der Waals surface area (Å²) in [5, 5.41) is 9.09. The van der Waals surface area contributed by atoms with Crippen LogP contribution in [-0.4, -0.2) is 10.1 Å². The summed E-state index contributed by atoms with van der Waals surface area (Å²) in [5.41, 5.74) is 0. The van der Waals surface area contributed by atoms with Crippen molar-refractivity contribution >= 4 is 31.9 Å². The van der Waals surface area contributed by atoms with Gasteiger partial charge in [-0.1, -0.05) is 0 Å². The molecule has 0 aromatic carbocycles. The zero-order chi connectivity index (χ0) is 8.59. The summed E-state index contributed by atoms with van der Waals surface area (Å²) >= 11 is 5.92. The predicted octanol–water partition coefficient (Wildman–Crippen LogP) is 2.31. The molecule has 0 unspecified atom stereocenters. The van der Waals surface area contributed by atoms with Gasteiger partial charge in [0.05, 0.1) is 2.74 Å². The van der Waals surface area contributed by atoms with Gasteiger partial charge in [0.15, 0.2) is 0 Å². The fourth-order valence-electron chi connectivity index (χ4n) is 0.369. The molecule has 0 fully saturated rings. The minimum absolute atomic E-state index is 0.168. The molecule has 0 atom stereocenters. The number of pyridine rings is 1. The van der Waals surface area contributed by atoms with E-state index in [0.29, 0.717) is 0 Å². The van der Waals surface area contributed by atoms with Gasteiger partial charge in [0.1, 0.15) is 15.0 Å². The summed E-state index contributed by atoms with van der Waals surface area (Å²) in [5.74, 6) is -0.376. The Bertz CT molecular complexity index is 279. The molecule has 1 N–H and O–H groups in total. The van der Waals surface area contributed by atoms with E-state index < -0.39 is 0 Å². The first kappa shape index (κ1) is 4.68. The fraction of sp³-hybridized carbons (Fsp3) is 0.